The summed E-state index contributed by atoms with van der Waals surface area (Å²) in [4.78, 5) is 38.5. The highest BCUT2D eigenvalue weighted by atomic mass is 16.2. The second-order valence-corrected chi connectivity index (χ2v) is 6.35. The van der Waals surface area contributed by atoms with Gasteiger partial charge in [-0.05, 0) is 37.1 Å². The Hall–Kier alpha value is -3.47. The normalized spacial score (nSPS) is 11.8. The number of benzene rings is 2. The summed E-state index contributed by atoms with van der Waals surface area (Å²) in [5.41, 5.74) is 1.15. The molecule has 0 fully saturated rings. The molecular weight excluding hydrogens is 340 g/mol. The van der Waals surface area contributed by atoms with Gasteiger partial charge in [-0.25, -0.2) is 4.79 Å². The van der Waals surface area contributed by atoms with Crippen molar-refractivity contribution >= 4 is 5.91 Å². The minimum Gasteiger partial charge on any atom is -0.289 e. The molecule has 0 amide bonds. The van der Waals surface area contributed by atoms with Crippen molar-refractivity contribution < 1.29 is 4.79 Å². The summed E-state index contributed by atoms with van der Waals surface area (Å²) in [7, 11) is 0. The molecule has 136 valence electrons. The number of aryl methyl sites for hydroxylation is 2. The van der Waals surface area contributed by atoms with Crippen molar-refractivity contribution in [2.75, 3.05) is 0 Å². The molecule has 0 aliphatic heterocycles. The van der Waals surface area contributed by atoms with Crippen molar-refractivity contribution in [1.29, 1.82) is 0 Å². The van der Waals surface area contributed by atoms with Crippen molar-refractivity contribution in [3.05, 3.63) is 117 Å². The average Bonchev–Trinajstić information content (AvgIpc) is 2.68. The Morgan fingerprint density at radius 1 is 0.963 bits per heavy atom. The van der Waals surface area contributed by atoms with E-state index in [-0.39, 0.29) is 5.56 Å². The summed E-state index contributed by atoms with van der Waals surface area (Å²) in [6.45, 7) is 7.38. The third-order valence-electron chi connectivity index (χ3n) is 4.54. The highest BCUT2D eigenvalue weighted by molar-refractivity contribution is 5.95. The predicted molar refractivity (Wildman–Crippen MR) is 105 cm³/mol. The van der Waals surface area contributed by atoms with Gasteiger partial charge in [-0.15, -0.1) is 6.58 Å². The van der Waals surface area contributed by atoms with E-state index in [4.69, 9.17) is 0 Å². The number of allylic oxidation sites excluding steroid dienone is 1. The van der Waals surface area contributed by atoms with Gasteiger partial charge in [0, 0.05) is 17.3 Å². The molecule has 27 heavy (non-hydrogen) atoms. The molecule has 1 atom stereocenters. The van der Waals surface area contributed by atoms with Crippen molar-refractivity contribution in [2.24, 2.45) is 0 Å². The van der Waals surface area contributed by atoms with Crippen LogP contribution in [-0.4, -0.2) is 15.0 Å². The van der Waals surface area contributed by atoms with Crippen LogP contribution in [0.2, 0.25) is 0 Å². The van der Waals surface area contributed by atoms with Gasteiger partial charge in [-0.3, -0.25) is 14.2 Å². The van der Waals surface area contributed by atoms with Gasteiger partial charge in [0.25, 0.3) is 11.5 Å². The van der Waals surface area contributed by atoms with E-state index >= 15 is 0 Å². The van der Waals surface area contributed by atoms with Gasteiger partial charge in [-0.1, -0.05) is 48.5 Å². The average molecular weight is 360 g/mol. The lowest BCUT2D eigenvalue weighted by molar-refractivity contribution is 0.0948. The lowest BCUT2D eigenvalue weighted by Crippen LogP contribution is -2.45. The van der Waals surface area contributed by atoms with E-state index in [2.05, 4.69) is 6.58 Å². The standard InChI is InChI=1S/C22H20N2O3/c1-4-19(18-13-9-8-10-15(18)2)23-14-16(3)20(25)24(22(23)27)21(26)17-11-6-5-7-12-17/h4-14,19H,1H2,2-3H3/t19-/m0/s1. The first-order valence-electron chi connectivity index (χ1n) is 8.58. The quantitative estimate of drug-likeness (QED) is 0.672. The summed E-state index contributed by atoms with van der Waals surface area (Å²) < 4.78 is 2.08. The molecule has 3 aromatic rings. The number of hydrogen-bond acceptors (Lipinski definition) is 3. The zero-order chi connectivity index (χ0) is 19.6. The SMILES string of the molecule is C=C[C@@H](c1ccccc1C)n1cc(C)c(=O)n(C(=O)c2ccccc2)c1=O. The maximum absolute atomic E-state index is 13.1. The number of nitrogens with zero attached hydrogens (tertiary/aromatic N) is 2. The highest BCUT2D eigenvalue weighted by Crippen LogP contribution is 2.21. The Morgan fingerprint density at radius 3 is 2.22 bits per heavy atom. The Balaban J connectivity index is 2.25. The second kappa shape index (κ2) is 7.41. The fourth-order valence-electron chi connectivity index (χ4n) is 3.09. The number of carbonyl (C=O) groups is 1. The van der Waals surface area contributed by atoms with E-state index in [0.717, 1.165) is 11.1 Å². The molecule has 0 radical (unpaired) electrons. The minimum atomic E-state index is -0.687. The monoisotopic (exact) mass is 360 g/mol. The lowest BCUT2D eigenvalue weighted by Gasteiger charge is -2.20. The van der Waals surface area contributed by atoms with Crippen molar-refractivity contribution in [2.45, 2.75) is 19.9 Å². The van der Waals surface area contributed by atoms with E-state index < -0.39 is 23.2 Å². The molecule has 0 saturated carbocycles. The van der Waals surface area contributed by atoms with Crippen LogP contribution in [0, 0.1) is 13.8 Å². The van der Waals surface area contributed by atoms with Gasteiger partial charge in [0.1, 0.15) is 0 Å². The first-order valence-corrected chi connectivity index (χ1v) is 8.58. The van der Waals surface area contributed by atoms with Crippen LogP contribution in [0.15, 0.2) is 83.0 Å². The van der Waals surface area contributed by atoms with Crippen molar-refractivity contribution in [3.63, 3.8) is 0 Å². The molecule has 0 N–H and O–H groups in total. The fraction of sp³-hybridized carbons (Fsp3) is 0.136. The Bertz CT molecular complexity index is 1120. The molecule has 0 bridgehead atoms. The number of hydrogen-bond donors (Lipinski definition) is 0. The molecule has 2 aromatic carbocycles. The molecule has 5 nitrogen and oxygen atoms in total. The highest BCUT2D eigenvalue weighted by Gasteiger charge is 2.21. The third-order valence-corrected chi connectivity index (χ3v) is 4.54. The van der Waals surface area contributed by atoms with Crippen molar-refractivity contribution in [3.8, 4) is 0 Å². The topological polar surface area (TPSA) is 61.1 Å². The van der Waals surface area contributed by atoms with Crippen molar-refractivity contribution in [1.82, 2.24) is 9.13 Å². The van der Waals surface area contributed by atoms with E-state index in [1.807, 2.05) is 31.2 Å². The molecule has 3 rings (SSSR count). The summed E-state index contributed by atoms with van der Waals surface area (Å²) in [5, 5.41) is 0. The molecule has 0 aliphatic rings. The number of aromatic nitrogens is 2. The van der Waals surface area contributed by atoms with Crippen LogP contribution in [0.5, 0.6) is 0 Å². The van der Waals surface area contributed by atoms with Gasteiger partial charge in [0.15, 0.2) is 0 Å². The van der Waals surface area contributed by atoms with Crippen LogP contribution in [0.4, 0.5) is 0 Å². The fourth-order valence-corrected chi connectivity index (χ4v) is 3.09. The van der Waals surface area contributed by atoms with Crippen LogP contribution in [0.3, 0.4) is 0 Å². The Kier molecular flexibility index (Phi) is 5.03. The molecule has 0 aliphatic carbocycles. The van der Waals surface area contributed by atoms with Gasteiger partial charge >= 0.3 is 5.69 Å². The van der Waals surface area contributed by atoms with Crippen LogP contribution in [-0.2, 0) is 0 Å². The lowest BCUT2D eigenvalue weighted by atomic mass is 10.0. The second-order valence-electron chi connectivity index (χ2n) is 6.35. The summed E-state index contributed by atoms with van der Waals surface area (Å²) in [6, 6.07) is 15.4. The van der Waals surface area contributed by atoms with Crippen LogP contribution in [0.1, 0.15) is 33.1 Å². The van der Waals surface area contributed by atoms with E-state index in [0.29, 0.717) is 10.1 Å². The van der Waals surface area contributed by atoms with E-state index in [1.165, 1.54) is 10.8 Å². The van der Waals surface area contributed by atoms with Crippen LogP contribution in [0.25, 0.3) is 0 Å². The summed E-state index contributed by atoms with van der Waals surface area (Å²) in [5.74, 6) is -0.643. The first kappa shape index (κ1) is 18.3. The van der Waals surface area contributed by atoms with Crippen LogP contribution < -0.4 is 11.2 Å². The summed E-state index contributed by atoms with van der Waals surface area (Å²) >= 11 is 0. The maximum atomic E-state index is 13.1. The number of rotatable bonds is 4. The largest absolute Gasteiger partial charge is 0.339 e. The molecule has 0 spiro atoms. The van der Waals surface area contributed by atoms with Crippen LogP contribution >= 0.6 is 0 Å². The zero-order valence-corrected chi connectivity index (χ0v) is 15.3. The molecular formula is C22H20N2O3. The molecule has 1 heterocycles. The van der Waals surface area contributed by atoms with E-state index in [9.17, 15) is 14.4 Å². The molecule has 0 unspecified atom stereocenters. The zero-order valence-electron chi connectivity index (χ0n) is 15.3. The first-order chi connectivity index (χ1) is 13.0. The minimum absolute atomic E-state index is 0.278. The molecule has 1 aromatic heterocycles. The third kappa shape index (κ3) is 3.31. The maximum Gasteiger partial charge on any atom is 0.339 e. The van der Waals surface area contributed by atoms with Gasteiger partial charge in [0.05, 0.1) is 6.04 Å². The number of carbonyl (C=O) groups excluding carboxylic acids is 1. The van der Waals surface area contributed by atoms with Gasteiger partial charge in [0.2, 0.25) is 0 Å². The molecule has 5 heteroatoms. The van der Waals surface area contributed by atoms with E-state index in [1.54, 1.807) is 43.3 Å². The molecule has 0 saturated heterocycles. The predicted octanol–water partition coefficient (Wildman–Crippen LogP) is 3.09. The smallest absolute Gasteiger partial charge is 0.289 e. The Morgan fingerprint density at radius 2 is 1.59 bits per heavy atom. The summed E-state index contributed by atoms with van der Waals surface area (Å²) in [6.07, 6.45) is 3.11. The van der Waals surface area contributed by atoms with Gasteiger partial charge < -0.3 is 0 Å². The Labute approximate surface area is 156 Å². The van der Waals surface area contributed by atoms with Gasteiger partial charge in [-0.2, -0.15) is 4.57 Å².